The van der Waals surface area contributed by atoms with Gasteiger partial charge in [0, 0.05) is 36.5 Å². The molecule has 2 amide bonds. The Balaban J connectivity index is 1.49. The fraction of sp³-hybridized carbons (Fsp3) is 0.333. The van der Waals surface area contributed by atoms with Gasteiger partial charge in [0.1, 0.15) is 0 Å². The molecule has 1 fully saturated rings. The molecule has 0 radical (unpaired) electrons. The van der Waals surface area contributed by atoms with Gasteiger partial charge in [0.05, 0.1) is 20.3 Å². The molecule has 0 saturated carbocycles. The van der Waals surface area contributed by atoms with Crippen molar-refractivity contribution >= 4 is 23.2 Å². The highest BCUT2D eigenvalue weighted by molar-refractivity contribution is 7.10. The van der Waals surface area contributed by atoms with E-state index in [1.165, 1.54) is 5.56 Å². The van der Waals surface area contributed by atoms with Crippen molar-refractivity contribution in [1.82, 2.24) is 9.80 Å². The number of rotatable bonds is 6. The van der Waals surface area contributed by atoms with E-state index in [-0.39, 0.29) is 17.9 Å². The molecular weight excluding hydrogens is 448 g/mol. The lowest BCUT2D eigenvalue weighted by molar-refractivity contribution is -0.128. The van der Waals surface area contributed by atoms with Crippen LogP contribution < -0.4 is 9.47 Å². The molecule has 1 unspecified atom stereocenters. The highest BCUT2D eigenvalue weighted by atomic mass is 32.1. The number of likely N-dealkylation sites (tertiary alicyclic amines) is 1. The number of hydrogen-bond donors (Lipinski definition) is 0. The number of amides is 2. The van der Waals surface area contributed by atoms with Gasteiger partial charge in [-0.25, -0.2) is 0 Å². The molecule has 0 spiro atoms. The van der Waals surface area contributed by atoms with Gasteiger partial charge in [-0.3, -0.25) is 9.59 Å². The van der Waals surface area contributed by atoms with Crippen LogP contribution in [0.2, 0.25) is 0 Å². The van der Waals surface area contributed by atoms with E-state index in [2.05, 4.69) is 6.07 Å². The van der Waals surface area contributed by atoms with Crippen molar-refractivity contribution in [2.45, 2.75) is 31.8 Å². The first-order chi connectivity index (χ1) is 16.6. The molecule has 1 atom stereocenters. The maximum absolute atomic E-state index is 13.8. The molecule has 2 aliphatic heterocycles. The van der Waals surface area contributed by atoms with Crippen molar-refractivity contribution < 1.29 is 19.1 Å². The van der Waals surface area contributed by atoms with Gasteiger partial charge in [-0.05, 0) is 65.2 Å². The maximum Gasteiger partial charge on any atom is 0.254 e. The van der Waals surface area contributed by atoms with Crippen LogP contribution in [0.15, 0.2) is 53.9 Å². The summed E-state index contributed by atoms with van der Waals surface area (Å²) in [5, 5.41) is 2.04. The van der Waals surface area contributed by atoms with Crippen molar-refractivity contribution in [2.75, 3.05) is 27.3 Å². The fourth-order valence-corrected chi connectivity index (χ4v) is 5.83. The summed E-state index contributed by atoms with van der Waals surface area (Å²) in [4.78, 5) is 30.8. The Morgan fingerprint density at radius 2 is 1.85 bits per heavy atom. The number of thiophene rings is 1. The first-order valence-electron chi connectivity index (χ1n) is 11.5. The van der Waals surface area contributed by atoms with E-state index in [4.69, 9.17) is 9.47 Å². The van der Waals surface area contributed by atoms with E-state index in [0.29, 0.717) is 36.6 Å². The second-order valence-electron chi connectivity index (χ2n) is 8.69. The van der Waals surface area contributed by atoms with E-state index < -0.39 is 0 Å². The number of carbonyl (C=O) groups excluding carboxylic acids is 2. The molecule has 34 heavy (non-hydrogen) atoms. The molecule has 1 aromatic heterocycles. The maximum atomic E-state index is 13.8. The molecule has 0 N–H and O–H groups in total. The summed E-state index contributed by atoms with van der Waals surface area (Å²) in [6.07, 6.45) is 2.26. The number of methoxy groups -OCH3 is 2. The van der Waals surface area contributed by atoms with Gasteiger partial charge in [-0.2, -0.15) is 0 Å². The van der Waals surface area contributed by atoms with Crippen molar-refractivity contribution in [1.29, 1.82) is 0 Å². The van der Waals surface area contributed by atoms with Gasteiger partial charge in [0.25, 0.3) is 5.91 Å². The largest absolute Gasteiger partial charge is 0.493 e. The smallest absolute Gasteiger partial charge is 0.254 e. The summed E-state index contributed by atoms with van der Waals surface area (Å²) in [5.41, 5.74) is 3.87. The summed E-state index contributed by atoms with van der Waals surface area (Å²) >= 11 is 1.65. The predicted molar refractivity (Wildman–Crippen MR) is 132 cm³/mol. The summed E-state index contributed by atoms with van der Waals surface area (Å²) in [6.45, 7) is 1.94. The number of carbonyl (C=O) groups is 2. The molecule has 1 saturated heterocycles. The highest BCUT2D eigenvalue weighted by Crippen LogP contribution is 2.42. The Labute approximate surface area is 203 Å². The quantitative estimate of drug-likeness (QED) is 0.519. The lowest BCUT2D eigenvalue weighted by atomic mass is 9.90. The van der Waals surface area contributed by atoms with Gasteiger partial charge in [-0.1, -0.05) is 18.2 Å². The second kappa shape index (κ2) is 9.50. The number of ether oxygens (including phenoxy) is 2. The highest BCUT2D eigenvalue weighted by Gasteiger charge is 2.34. The van der Waals surface area contributed by atoms with Gasteiger partial charge in [0.2, 0.25) is 5.91 Å². The van der Waals surface area contributed by atoms with Crippen LogP contribution in [-0.2, 0) is 17.8 Å². The average molecular weight is 477 g/mol. The molecule has 7 heteroatoms. The number of fused-ring (bicyclic) bond motifs is 1. The van der Waals surface area contributed by atoms with Crippen LogP contribution in [0, 0.1) is 0 Å². The molecule has 176 valence electrons. The van der Waals surface area contributed by atoms with Crippen molar-refractivity contribution in [3.05, 3.63) is 81.0 Å². The normalized spacial score (nSPS) is 17.6. The predicted octanol–water partition coefficient (Wildman–Crippen LogP) is 4.68. The molecule has 6 nitrogen and oxygen atoms in total. The van der Waals surface area contributed by atoms with Crippen molar-refractivity contribution in [3.8, 4) is 11.5 Å². The molecular formula is C27H28N2O4S. The summed E-state index contributed by atoms with van der Waals surface area (Å²) < 4.78 is 11.1. The van der Waals surface area contributed by atoms with Gasteiger partial charge < -0.3 is 19.3 Å². The van der Waals surface area contributed by atoms with Crippen molar-refractivity contribution in [2.24, 2.45) is 0 Å². The minimum Gasteiger partial charge on any atom is -0.493 e. The first-order valence-corrected chi connectivity index (χ1v) is 12.4. The number of hydrogen-bond acceptors (Lipinski definition) is 5. The van der Waals surface area contributed by atoms with E-state index in [9.17, 15) is 9.59 Å². The fourth-order valence-electron chi connectivity index (χ4n) is 4.98. The molecule has 2 aliphatic rings. The number of benzene rings is 2. The third-order valence-corrected chi connectivity index (χ3v) is 7.59. The second-order valence-corrected chi connectivity index (χ2v) is 9.67. The topological polar surface area (TPSA) is 59.1 Å². The third-order valence-electron chi connectivity index (χ3n) is 6.67. The van der Waals surface area contributed by atoms with Crippen LogP contribution in [0.1, 0.15) is 50.8 Å². The molecule has 2 aromatic carbocycles. The summed E-state index contributed by atoms with van der Waals surface area (Å²) in [7, 11) is 3.27. The minimum absolute atomic E-state index is 0.00608. The third kappa shape index (κ3) is 4.16. The first kappa shape index (κ1) is 22.5. The van der Waals surface area contributed by atoms with E-state index in [1.54, 1.807) is 25.6 Å². The molecule has 5 rings (SSSR count). The Hall–Kier alpha value is -3.32. The van der Waals surface area contributed by atoms with Crippen LogP contribution in [0.5, 0.6) is 11.5 Å². The standard InChI is InChI=1S/C27H28N2O4S/c1-32-22-15-19-10-12-29(26(24-8-5-13-34-24)21(19)16-23(22)33-2)27(31)20-7-3-6-18(14-20)17-28-11-4-9-25(28)30/h3,5-8,13-16,26H,4,9-12,17H2,1-2H3. The average Bonchev–Trinajstić information content (AvgIpc) is 3.54. The van der Waals surface area contributed by atoms with Crippen molar-refractivity contribution in [3.63, 3.8) is 0 Å². The van der Waals surface area contributed by atoms with Crippen LogP contribution in [-0.4, -0.2) is 48.9 Å². The summed E-state index contributed by atoms with van der Waals surface area (Å²) in [5.74, 6) is 1.55. The zero-order valence-electron chi connectivity index (χ0n) is 19.5. The number of nitrogens with zero attached hydrogens (tertiary/aromatic N) is 2. The van der Waals surface area contributed by atoms with E-state index >= 15 is 0 Å². The minimum atomic E-state index is -0.195. The Morgan fingerprint density at radius 3 is 2.56 bits per heavy atom. The SMILES string of the molecule is COc1cc2c(cc1OC)C(c1cccs1)N(C(=O)c1cccc(CN3CCCC3=O)c1)CC2. The van der Waals surface area contributed by atoms with Gasteiger partial charge in [-0.15, -0.1) is 11.3 Å². The Bertz CT molecular complexity index is 1210. The molecule has 0 bridgehead atoms. The lowest BCUT2D eigenvalue weighted by Gasteiger charge is -2.37. The Kier molecular flexibility index (Phi) is 6.28. The molecule has 3 aromatic rings. The molecule has 3 heterocycles. The van der Waals surface area contributed by atoms with Crippen LogP contribution >= 0.6 is 11.3 Å². The zero-order valence-corrected chi connectivity index (χ0v) is 20.3. The monoisotopic (exact) mass is 476 g/mol. The lowest BCUT2D eigenvalue weighted by Crippen LogP contribution is -2.40. The zero-order chi connectivity index (χ0) is 23.7. The van der Waals surface area contributed by atoms with Crippen LogP contribution in [0.4, 0.5) is 0 Å². The molecule has 0 aliphatic carbocycles. The summed E-state index contributed by atoms with van der Waals surface area (Å²) in [6, 6.07) is 15.6. The van der Waals surface area contributed by atoms with E-state index in [0.717, 1.165) is 35.4 Å². The Morgan fingerprint density at radius 1 is 1.03 bits per heavy atom. The van der Waals surface area contributed by atoms with Gasteiger partial charge >= 0.3 is 0 Å². The van der Waals surface area contributed by atoms with Crippen LogP contribution in [0.3, 0.4) is 0 Å². The van der Waals surface area contributed by atoms with Crippen LogP contribution in [0.25, 0.3) is 0 Å². The van der Waals surface area contributed by atoms with Gasteiger partial charge in [0.15, 0.2) is 11.5 Å². The van der Waals surface area contributed by atoms with E-state index in [1.807, 2.05) is 57.6 Å².